The first kappa shape index (κ1) is 21.7. The number of nitrogens with zero attached hydrogens (tertiary/aromatic N) is 3. The molecule has 0 spiro atoms. The van der Waals surface area contributed by atoms with Crippen molar-refractivity contribution in [2.75, 3.05) is 26.2 Å². The molecule has 0 unspecified atom stereocenters. The average molecular weight is 421 g/mol. The smallest absolute Gasteiger partial charge is 0.258 e. The Kier molecular flexibility index (Phi) is 7.64. The fourth-order valence-electron chi connectivity index (χ4n) is 3.54. The van der Waals surface area contributed by atoms with Gasteiger partial charge in [-0.05, 0) is 58.3 Å². The van der Waals surface area contributed by atoms with Gasteiger partial charge in [0.25, 0.3) is 5.56 Å². The zero-order valence-corrected chi connectivity index (χ0v) is 17.8. The molecule has 1 N–H and O–H groups in total. The molecule has 0 aliphatic carbocycles. The summed E-state index contributed by atoms with van der Waals surface area (Å²) in [5.74, 6) is 0.183. The molecule has 7 nitrogen and oxygen atoms in total. The number of piperidine rings is 1. The monoisotopic (exact) mass is 420 g/mol. The fourth-order valence-corrected chi connectivity index (χ4v) is 3.70. The molecule has 0 saturated carbocycles. The Balaban J connectivity index is 1.46. The molecule has 1 aliphatic rings. The SMILES string of the molecule is CC(C)OCCCNC(=O)C1CCN(Cc2cc(=O)n3cc(Cl)ccc3n2)CC1. The van der Waals surface area contributed by atoms with Gasteiger partial charge in [0.05, 0.1) is 16.8 Å². The maximum absolute atomic E-state index is 12.3. The normalized spacial score (nSPS) is 15.9. The zero-order chi connectivity index (χ0) is 20.8. The lowest BCUT2D eigenvalue weighted by Crippen LogP contribution is -2.40. The van der Waals surface area contributed by atoms with Crippen LogP contribution >= 0.6 is 11.6 Å². The van der Waals surface area contributed by atoms with Crippen molar-refractivity contribution in [3.63, 3.8) is 0 Å². The van der Waals surface area contributed by atoms with Crippen molar-refractivity contribution < 1.29 is 9.53 Å². The molecule has 1 saturated heterocycles. The van der Waals surface area contributed by atoms with Crippen molar-refractivity contribution >= 4 is 23.2 Å². The van der Waals surface area contributed by atoms with Gasteiger partial charge in [-0.2, -0.15) is 0 Å². The van der Waals surface area contributed by atoms with E-state index < -0.39 is 0 Å². The molecule has 1 aliphatic heterocycles. The van der Waals surface area contributed by atoms with Crippen LogP contribution in [0.15, 0.2) is 29.2 Å². The Morgan fingerprint density at radius 3 is 2.83 bits per heavy atom. The second-order valence-electron chi connectivity index (χ2n) is 7.78. The minimum absolute atomic E-state index is 0.0506. The summed E-state index contributed by atoms with van der Waals surface area (Å²) in [5, 5.41) is 3.52. The number of carbonyl (C=O) groups excluding carboxylic acids is 1. The van der Waals surface area contributed by atoms with E-state index in [-0.39, 0.29) is 23.5 Å². The first-order chi connectivity index (χ1) is 13.9. The molecule has 1 fully saturated rings. The highest BCUT2D eigenvalue weighted by molar-refractivity contribution is 6.30. The summed E-state index contributed by atoms with van der Waals surface area (Å²) >= 11 is 5.95. The van der Waals surface area contributed by atoms with Gasteiger partial charge < -0.3 is 10.1 Å². The number of nitrogens with one attached hydrogen (secondary N) is 1. The molecular formula is C21H29ClN4O3. The first-order valence-corrected chi connectivity index (χ1v) is 10.6. The van der Waals surface area contributed by atoms with Crippen LogP contribution in [-0.4, -0.2) is 52.5 Å². The molecule has 0 radical (unpaired) electrons. The summed E-state index contributed by atoms with van der Waals surface area (Å²) in [5.41, 5.74) is 1.20. The number of amides is 1. The van der Waals surface area contributed by atoms with E-state index in [9.17, 15) is 9.59 Å². The summed E-state index contributed by atoms with van der Waals surface area (Å²) in [6.07, 6.45) is 4.26. The highest BCUT2D eigenvalue weighted by atomic mass is 35.5. The molecule has 29 heavy (non-hydrogen) atoms. The van der Waals surface area contributed by atoms with Crippen LogP contribution in [0.2, 0.25) is 5.02 Å². The van der Waals surface area contributed by atoms with Gasteiger partial charge in [0, 0.05) is 37.9 Å². The van der Waals surface area contributed by atoms with E-state index in [4.69, 9.17) is 16.3 Å². The molecule has 3 heterocycles. The Morgan fingerprint density at radius 2 is 2.10 bits per heavy atom. The summed E-state index contributed by atoms with van der Waals surface area (Å²) in [6, 6.07) is 5.03. The molecular weight excluding hydrogens is 392 g/mol. The quantitative estimate of drug-likeness (QED) is 0.664. The van der Waals surface area contributed by atoms with Crippen molar-refractivity contribution in [1.82, 2.24) is 19.6 Å². The minimum atomic E-state index is -0.136. The molecule has 158 valence electrons. The van der Waals surface area contributed by atoms with Crippen LogP contribution in [0.25, 0.3) is 5.65 Å². The Morgan fingerprint density at radius 1 is 1.34 bits per heavy atom. The van der Waals surface area contributed by atoms with Crippen LogP contribution in [0, 0.1) is 5.92 Å². The van der Waals surface area contributed by atoms with Gasteiger partial charge in [-0.25, -0.2) is 4.98 Å². The Bertz CT molecular complexity index is 891. The lowest BCUT2D eigenvalue weighted by molar-refractivity contribution is -0.126. The van der Waals surface area contributed by atoms with E-state index in [2.05, 4.69) is 15.2 Å². The number of likely N-dealkylation sites (tertiary alicyclic amines) is 1. The molecule has 8 heteroatoms. The molecule has 0 atom stereocenters. The summed E-state index contributed by atoms with van der Waals surface area (Å²) in [6.45, 7) is 7.57. The van der Waals surface area contributed by atoms with Crippen LogP contribution in [0.4, 0.5) is 0 Å². The maximum atomic E-state index is 12.3. The molecule has 0 aromatic carbocycles. The van der Waals surface area contributed by atoms with Crippen LogP contribution in [0.5, 0.6) is 0 Å². The van der Waals surface area contributed by atoms with Gasteiger partial charge >= 0.3 is 0 Å². The lowest BCUT2D eigenvalue weighted by atomic mass is 9.96. The number of aromatic nitrogens is 2. The van der Waals surface area contributed by atoms with Crippen molar-refractivity contribution in [1.29, 1.82) is 0 Å². The third-order valence-electron chi connectivity index (χ3n) is 5.09. The van der Waals surface area contributed by atoms with Gasteiger partial charge in [0.2, 0.25) is 5.91 Å². The third kappa shape index (κ3) is 6.26. The molecule has 3 rings (SSSR count). The van der Waals surface area contributed by atoms with E-state index in [1.165, 1.54) is 4.40 Å². The van der Waals surface area contributed by atoms with Crippen molar-refractivity contribution in [3.05, 3.63) is 45.5 Å². The average Bonchev–Trinajstić information content (AvgIpc) is 2.68. The summed E-state index contributed by atoms with van der Waals surface area (Å²) < 4.78 is 6.94. The number of hydrogen-bond acceptors (Lipinski definition) is 5. The van der Waals surface area contributed by atoms with Crippen LogP contribution < -0.4 is 10.9 Å². The van der Waals surface area contributed by atoms with Gasteiger partial charge in [-0.3, -0.25) is 18.9 Å². The van der Waals surface area contributed by atoms with Gasteiger partial charge in [-0.1, -0.05) is 11.6 Å². The second kappa shape index (κ2) is 10.2. The van der Waals surface area contributed by atoms with Crippen molar-refractivity contribution in [3.8, 4) is 0 Å². The highest BCUT2D eigenvalue weighted by Crippen LogP contribution is 2.19. The van der Waals surface area contributed by atoms with Crippen LogP contribution in [0.3, 0.4) is 0 Å². The largest absolute Gasteiger partial charge is 0.379 e. The van der Waals surface area contributed by atoms with E-state index in [0.717, 1.165) is 38.0 Å². The predicted octanol–water partition coefficient (Wildman–Crippen LogP) is 2.49. The number of halogens is 1. The summed E-state index contributed by atoms with van der Waals surface area (Å²) in [7, 11) is 0. The molecule has 0 bridgehead atoms. The lowest BCUT2D eigenvalue weighted by Gasteiger charge is -2.31. The van der Waals surface area contributed by atoms with Crippen molar-refractivity contribution in [2.24, 2.45) is 5.92 Å². The second-order valence-corrected chi connectivity index (χ2v) is 8.21. The van der Waals surface area contributed by atoms with Gasteiger partial charge in [-0.15, -0.1) is 0 Å². The molecule has 2 aromatic heterocycles. The van der Waals surface area contributed by atoms with E-state index in [0.29, 0.717) is 30.4 Å². The maximum Gasteiger partial charge on any atom is 0.258 e. The number of pyridine rings is 1. The number of rotatable bonds is 8. The molecule has 2 aromatic rings. The van der Waals surface area contributed by atoms with Crippen LogP contribution in [-0.2, 0) is 16.1 Å². The number of ether oxygens (including phenoxy) is 1. The number of hydrogen-bond donors (Lipinski definition) is 1. The van der Waals surface area contributed by atoms with Crippen molar-refractivity contribution in [2.45, 2.75) is 45.8 Å². The predicted molar refractivity (Wildman–Crippen MR) is 113 cm³/mol. The first-order valence-electron chi connectivity index (χ1n) is 10.2. The van der Waals surface area contributed by atoms with Gasteiger partial charge in [0.1, 0.15) is 5.65 Å². The standard InChI is InChI=1S/C21H29ClN4O3/c1-15(2)29-11-3-8-23-21(28)16-6-9-25(10-7-16)14-18-12-20(27)26-13-17(22)4-5-19(26)24-18/h4-5,12-13,15-16H,3,6-11,14H2,1-2H3,(H,23,28). The Hall–Kier alpha value is -1.96. The molecule has 1 amide bonds. The van der Waals surface area contributed by atoms with Crippen LogP contribution in [0.1, 0.15) is 38.8 Å². The fraction of sp³-hybridized carbons (Fsp3) is 0.571. The Labute approximate surface area is 176 Å². The van der Waals surface area contributed by atoms with Gasteiger partial charge in [0.15, 0.2) is 0 Å². The van der Waals surface area contributed by atoms with E-state index in [1.807, 2.05) is 13.8 Å². The number of carbonyl (C=O) groups is 1. The third-order valence-corrected chi connectivity index (χ3v) is 5.32. The minimum Gasteiger partial charge on any atom is -0.379 e. The van der Waals surface area contributed by atoms with E-state index >= 15 is 0 Å². The number of fused-ring (bicyclic) bond motifs is 1. The topological polar surface area (TPSA) is 75.9 Å². The summed E-state index contributed by atoms with van der Waals surface area (Å²) in [4.78, 5) is 31.5. The highest BCUT2D eigenvalue weighted by Gasteiger charge is 2.25. The zero-order valence-electron chi connectivity index (χ0n) is 17.1. The van der Waals surface area contributed by atoms with E-state index in [1.54, 1.807) is 24.4 Å².